The molecule has 0 radical (unpaired) electrons. The van der Waals surface area contributed by atoms with Crippen LogP contribution in [0.5, 0.6) is 0 Å². The Morgan fingerprint density at radius 2 is 1.88 bits per heavy atom. The molecular formula is C27H33FN4O2. The molecule has 2 amide bonds. The van der Waals surface area contributed by atoms with Gasteiger partial charge in [-0.25, -0.2) is 9.18 Å². The number of anilines is 1. The molecule has 0 N–H and O–H groups in total. The van der Waals surface area contributed by atoms with Crippen molar-refractivity contribution in [2.24, 2.45) is 0 Å². The van der Waals surface area contributed by atoms with Crippen LogP contribution >= 0.6 is 0 Å². The van der Waals surface area contributed by atoms with Crippen LogP contribution in [-0.2, 0) is 10.3 Å². The van der Waals surface area contributed by atoms with Crippen LogP contribution in [0.15, 0.2) is 42.6 Å². The van der Waals surface area contributed by atoms with Crippen molar-refractivity contribution in [3.05, 3.63) is 59.4 Å². The molecule has 180 valence electrons. The van der Waals surface area contributed by atoms with Crippen LogP contribution in [0.25, 0.3) is 0 Å². The van der Waals surface area contributed by atoms with Crippen molar-refractivity contribution in [1.82, 2.24) is 14.8 Å². The maximum absolute atomic E-state index is 15.3. The van der Waals surface area contributed by atoms with Crippen molar-refractivity contribution in [3.8, 4) is 0 Å². The molecule has 3 heterocycles. The number of halogens is 1. The molecule has 1 aromatic carbocycles. The molecule has 2 aliphatic carbocycles. The number of amides is 2. The van der Waals surface area contributed by atoms with Crippen molar-refractivity contribution in [2.75, 3.05) is 45.3 Å². The van der Waals surface area contributed by atoms with Crippen LogP contribution in [0, 0.1) is 6.92 Å². The van der Waals surface area contributed by atoms with Gasteiger partial charge >= 0.3 is 6.03 Å². The summed E-state index contributed by atoms with van der Waals surface area (Å²) < 4.78 is 20.5. The summed E-state index contributed by atoms with van der Waals surface area (Å²) in [5.74, 6) is 0.563. The topological polar surface area (TPSA) is 48.9 Å². The van der Waals surface area contributed by atoms with E-state index in [1.54, 1.807) is 0 Å². The summed E-state index contributed by atoms with van der Waals surface area (Å²) in [5.41, 5.74) is 2.19. The van der Waals surface area contributed by atoms with Gasteiger partial charge in [0.05, 0.1) is 49.3 Å². The van der Waals surface area contributed by atoms with Crippen molar-refractivity contribution >= 4 is 11.7 Å². The Labute approximate surface area is 200 Å². The largest absolute Gasteiger partial charge is 0.374 e. The number of urea groups is 1. The summed E-state index contributed by atoms with van der Waals surface area (Å²) in [6, 6.07) is 12.5. The van der Waals surface area contributed by atoms with Gasteiger partial charge in [0, 0.05) is 11.6 Å². The first-order valence-electron chi connectivity index (χ1n) is 12.3. The van der Waals surface area contributed by atoms with E-state index in [1.165, 1.54) is 18.4 Å². The Morgan fingerprint density at radius 1 is 1.18 bits per heavy atom. The predicted molar refractivity (Wildman–Crippen MR) is 129 cm³/mol. The second-order valence-electron chi connectivity index (χ2n) is 11.1. The van der Waals surface area contributed by atoms with E-state index in [2.05, 4.69) is 61.2 Å². The molecule has 0 unspecified atom stereocenters. The number of alkyl halides is 1. The smallest absolute Gasteiger partial charge is 0.325 e. The standard InChI is InChI=1S/C27H33FN4O2/c1-19-11-22(20-9-10-20)29-12-23(19)31-16-26(32(24(31)33)15-25(28)17-34-18-25)13-27(14-26,30(2)3)21-7-5-4-6-8-21/h4-8,11-12,20H,9-10,13-18H2,1-3H3. The molecule has 0 atom stereocenters. The lowest BCUT2D eigenvalue weighted by atomic mass is 9.58. The van der Waals surface area contributed by atoms with E-state index in [0.29, 0.717) is 12.5 Å². The fourth-order valence-electron chi connectivity index (χ4n) is 6.24. The molecule has 1 aromatic heterocycles. The number of carbonyl (C=O) groups is 1. The third-order valence-corrected chi connectivity index (χ3v) is 8.45. The molecule has 34 heavy (non-hydrogen) atoms. The first kappa shape index (κ1) is 22.0. The number of carbonyl (C=O) groups excluding carboxylic acids is 1. The molecule has 6 nitrogen and oxygen atoms in total. The van der Waals surface area contributed by atoms with E-state index in [1.807, 2.05) is 22.1 Å². The van der Waals surface area contributed by atoms with Gasteiger partial charge in [-0.05, 0) is 63.9 Å². The number of rotatable bonds is 6. The Hall–Kier alpha value is -2.51. The van der Waals surface area contributed by atoms with Gasteiger partial charge in [0.15, 0.2) is 5.67 Å². The molecule has 2 aliphatic heterocycles. The van der Waals surface area contributed by atoms with E-state index in [-0.39, 0.29) is 31.3 Å². The van der Waals surface area contributed by atoms with E-state index >= 15 is 4.39 Å². The van der Waals surface area contributed by atoms with Gasteiger partial charge in [0.1, 0.15) is 0 Å². The molecule has 7 heteroatoms. The molecule has 2 saturated carbocycles. The second-order valence-corrected chi connectivity index (χ2v) is 11.1. The lowest BCUT2D eigenvalue weighted by Gasteiger charge is -2.61. The summed E-state index contributed by atoms with van der Waals surface area (Å²) >= 11 is 0. The summed E-state index contributed by atoms with van der Waals surface area (Å²) in [6.45, 7) is 2.79. The van der Waals surface area contributed by atoms with Crippen molar-refractivity contribution in [3.63, 3.8) is 0 Å². The monoisotopic (exact) mass is 464 g/mol. The van der Waals surface area contributed by atoms with Crippen LogP contribution in [-0.4, -0.2) is 72.4 Å². The highest BCUT2D eigenvalue weighted by Gasteiger charge is 2.66. The van der Waals surface area contributed by atoms with E-state index in [9.17, 15) is 4.79 Å². The third kappa shape index (κ3) is 3.28. The number of hydrogen-bond acceptors (Lipinski definition) is 4. The van der Waals surface area contributed by atoms with Crippen molar-refractivity contribution in [2.45, 2.75) is 55.3 Å². The predicted octanol–water partition coefficient (Wildman–Crippen LogP) is 4.24. The van der Waals surface area contributed by atoms with Crippen LogP contribution in [0.2, 0.25) is 0 Å². The zero-order valence-electron chi connectivity index (χ0n) is 20.3. The number of ether oxygens (including phenoxy) is 1. The highest BCUT2D eigenvalue weighted by Crippen LogP contribution is 2.57. The number of aryl methyl sites for hydroxylation is 1. The summed E-state index contributed by atoms with van der Waals surface area (Å²) in [4.78, 5) is 24.4. The van der Waals surface area contributed by atoms with Crippen molar-refractivity contribution < 1.29 is 13.9 Å². The van der Waals surface area contributed by atoms with Gasteiger partial charge in [-0.15, -0.1) is 0 Å². The minimum atomic E-state index is -1.47. The van der Waals surface area contributed by atoms with Gasteiger partial charge in [-0.1, -0.05) is 30.3 Å². The summed E-state index contributed by atoms with van der Waals surface area (Å²) in [5, 5.41) is 0. The molecular weight excluding hydrogens is 431 g/mol. The van der Waals surface area contributed by atoms with E-state index < -0.39 is 11.2 Å². The lowest BCUT2D eigenvalue weighted by Crippen LogP contribution is -2.70. The van der Waals surface area contributed by atoms with Crippen LogP contribution in [0.1, 0.15) is 48.4 Å². The molecule has 0 bridgehead atoms. The number of pyridine rings is 1. The Bertz CT molecular complexity index is 1110. The van der Waals surface area contributed by atoms with Gasteiger partial charge in [0.25, 0.3) is 0 Å². The van der Waals surface area contributed by atoms with Crippen molar-refractivity contribution in [1.29, 1.82) is 0 Å². The SMILES string of the molecule is Cc1cc(C2CC2)ncc1N1CC2(CC(c3ccccc3)(N(C)C)C2)N(CC2(F)COC2)C1=O. The Morgan fingerprint density at radius 3 is 2.44 bits per heavy atom. The average Bonchev–Trinajstić information content (AvgIpc) is 3.58. The van der Waals surface area contributed by atoms with E-state index in [4.69, 9.17) is 4.74 Å². The van der Waals surface area contributed by atoms with Gasteiger partial charge in [0.2, 0.25) is 0 Å². The molecule has 4 fully saturated rings. The lowest BCUT2D eigenvalue weighted by molar-refractivity contribution is -0.155. The first-order chi connectivity index (χ1) is 16.3. The first-order valence-corrected chi connectivity index (χ1v) is 12.3. The number of hydrogen-bond donors (Lipinski definition) is 0. The highest BCUT2D eigenvalue weighted by molar-refractivity contribution is 5.96. The normalized spacial score (nSPS) is 30.1. The quantitative estimate of drug-likeness (QED) is 0.642. The number of aromatic nitrogens is 1. The zero-order chi connectivity index (χ0) is 23.7. The molecule has 2 saturated heterocycles. The molecule has 2 aromatic rings. The zero-order valence-corrected chi connectivity index (χ0v) is 20.3. The fraction of sp³-hybridized carbons (Fsp3) is 0.556. The Balaban J connectivity index is 1.34. The van der Waals surface area contributed by atoms with E-state index in [0.717, 1.165) is 29.8 Å². The summed E-state index contributed by atoms with van der Waals surface area (Å²) in [6.07, 6.45) is 5.77. The van der Waals surface area contributed by atoms with Gasteiger partial charge < -0.3 is 9.64 Å². The summed E-state index contributed by atoms with van der Waals surface area (Å²) in [7, 11) is 4.19. The van der Waals surface area contributed by atoms with Crippen LogP contribution in [0.3, 0.4) is 0 Å². The van der Waals surface area contributed by atoms with Gasteiger partial charge in [-0.2, -0.15) is 0 Å². The average molecular weight is 465 g/mol. The Kier molecular flexibility index (Phi) is 4.84. The molecule has 4 aliphatic rings. The highest BCUT2D eigenvalue weighted by atomic mass is 19.1. The van der Waals surface area contributed by atoms with Crippen LogP contribution in [0.4, 0.5) is 14.9 Å². The maximum atomic E-state index is 15.3. The van der Waals surface area contributed by atoms with Crippen LogP contribution < -0.4 is 4.90 Å². The molecule has 6 rings (SSSR count). The minimum absolute atomic E-state index is 0.0566. The van der Waals surface area contributed by atoms with Gasteiger partial charge in [-0.3, -0.25) is 14.8 Å². The third-order valence-electron chi connectivity index (χ3n) is 8.45. The second kappa shape index (κ2) is 7.49. The maximum Gasteiger partial charge on any atom is 0.325 e. The number of benzene rings is 1. The molecule has 1 spiro atoms. The number of nitrogens with zero attached hydrogens (tertiary/aromatic N) is 4. The minimum Gasteiger partial charge on any atom is -0.374 e. The fourth-order valence-corrected chi connectivity index (χ4v) is 6.24.